The highest BCUT2D eigenvalue weighted by molar-refractivity contribution is 7.98. The van der Waals surface area contributed by atoms with Crippen LogP contribution in [0.25, 0.3) is 0 Å². The average Bonchev–Trinajstić information content (AvgIpc) is 2.62. The van der Waals surface area contributed by atoms with Crippen LogP contribution in [-0.4, -0.2) is 34.2 Å². The Labute approximate surface area is 168 Å². The number of aromatic nitrogens is 2. The van der Waals surface area contributed by atoms with Gasteiger partial charge in [0.25, 0.3) is 5.91 Å². The zero-order valence-corrected chi connectivity index (χ0v) is 17.3. The van der Waals surface area contributed by atoms with E-state index in [0.29, 0.717) is 22.3 Å². The zero-order chi connectivity index (χ0) is 20.0. The molecule has 6 nitrogen and oxygen atoms in total. The Kier molecular flexibility index (Phi) is 7.62. The van der Waals surface area contributed by atoms with Gasteiger partial charge in [-0.05, 0) is 51.1 Å². The third-order valence-corrected chi connectivity index (χ3v) is 4.85. The number of halogens is 1. The van der Waals surface area contributed by atoms with Gasteiger partial charge in [0, 0.05) is 17.8 Å². The van der Waals surface area contributed by atoms with Crippen molar-refractivity contribution in [1.82, 2.24) is 9.97 Å². The van der Waals surface area contributed by atoms with E-state index in [4.69, 9.17) is 16.3 Å². The lowest BCUT2D eigenvalue weighted by molar-refractivity contribution is -0.153. The lowest BCUT2D eigenvalue weighted by Gasteiger charge is -2.15. The van der Waals surface area contributed by atoms with E-state index < -0.39 is 18.0 Å². The summed E-state index contributed by atoms with van der Waals surface area (Å²) in [5, 5.41) is 3.78. The van der Waals surface area contributed by atoms with Gasteiger partial charge in [0.2, 0.25) is 0 Å². The second-order valence-electron chi connectivity index (χ2n) is 5.96. The molecule has 1 atom stereocenters. The number of nitrogens with one attached hydrogen (secondary N) is 1. The number of thioether (sulfide) groups is 1. The number of amides is 1. The Morgan fingerprint density at radius 1 is 1.22 bits per heavy atom. The van der Waals surface area contributed by atoms with Crippen molar-refractivity contribution in [2.75, 3.05) is 11.6 Å². The van der Waals surface area contributed by atoms with Crippen LogP contribution in [0.3, 0.4) is 0 Å². The summed E-state index contributed by atoms with van der Waals surface area (Å²) in [4.78, 5) is 33.1. The molecule has 0 unspecified atom stereocenters. The number of nitrogens with zero attached hydrogens (tertiary/aromatic N) is 2. The molecule has 0 aliphatic rings. The van der Waals surface area contributed by atoms with Crippen LogP contribution in [0, 0.1) is 13.8 Å². The Balaban J connectivity index is 1.90. The van der Waals surface area contributed by atoms with Gasteiger partial charge in [-0.3, -0.25) is 9.59 Å². The molecule has 0 spiro atoms. The van der Waals surface area contributed by atoms with Crippen molar-refractivity contribution >= 4 is 40.9 Å². The largest absolute Gasteiger partial charge is 0.453 e. The number of esters is 1. The van der Waals surface area contributed by atoms with Crippen molar-refractivity contribution < 1.29 is 14.3 Å². The highest BCUT2D eigenvalue weighted by atomic mass is 35.5. The van der Waals surface area contributed by atoms with Gasteiger partial charge in [0.15, 0.2) is 11.3 Å². The highest BCUT2D eigenvalue weighted by Crippen LogP contribution is 2.21. The monoisotopic (exact) mass is 407 g/mol. The molecule has 0 aliphatic heterocycles. The summed E-state index contributed by atoms with van der Waals surface area (Å²) in [5.41, 5.74) is 3.11. The maximum absolute atomic E-state index is 12.2. The van der Waals surface area contributed by atoms with Gasteiger partial charge >= 0.3 is 5.97 Å². The average molecular weight is 408 g/mol. The van der Waals surface area contributed by atoms with Crippen LogP contribution < -0.4 is 5.32 Å². The lowest BCUT2D eigenvalue weighted by Crippen LogP contribution is -2.30. The predicted molar refractivity (Wildman–Crippen MR) is 107 cm³/mol. The molecule has 0 aliphatic carbocycles. The fourth-order valence-corrected chi connectivity index (χ4v) is 3.13. The first-order valence-corrected chi connectivity index (χ1v) is 10.0. The number of aryl methyl sites for hydroxylation is 2. The molecule has 1 aromatic heterocycles. The molecule has 0 radical (unpaired) electrons. The minimum Gasteiger partial charge on any atom is -0.453 e. The van der Waals surface area contributed by atoms with Gasteiger partial charge in [0.05, 0.1) is 10.7 Å². The van der Waals surface area contributed by atoms with Crippen LogP contribution in [0.5, 0.6) is 0 Å². The van der Waals surface area contributed by atoms with E-state index in [1.165, 1.54) is 18.7 Å². The summed E-state index contributed by atoms with van der Waals surface area (Å²) in [6.45, 7) is 5.32. The van der Waals surface area contributed by atoms with Gasteiger partial charge in [-0.25, -0.2) is 9.97 Å². The summed E-state index contributed by atoms with van der Waals surface area (Å²) in [6, 6.07) is 6.87. The first kappa shape index (κ1) is 21.2. The van der Waals surface area contributed by atoms with Gasteiger partial charge in [-0.15, -0.1) is 0 Å². The molecule has 1 heterocycles. The second kappa shape index (κ2) is 9.71. The summed E-state index contributed by atoms with van der Waals surface area (Å²) < 4.78 is 5.23. The topological polar surface area (TPSA) is 81.2 Å². The van der Waals surface area contributed by atoms with Crippen molar-refractivity contribution in [3.8, 4) is 0 Å². The SMILES string of the molecule is CSc1nc(C)c(CCC(=O)O[C@@H](C)C(=O)Nc2ccccc2Cl)c(C)n1. The van der Waals surface area contributed by atoms with Gasteiger partial charge in [-0.1, -0.05) is 35.5 Å². The molecule has 0 bridgehead atoms. The molecule has 1 N–H and O–H groups in total. The van der Waals surface area contributed by atoms with E-state index in [-0.39, 0.29) is 6.42 Å². The number of hydrogen-bond donors (Lipinski definition) is 1. The van der Waals surface area contributed by atoms with Crippen molar-refractivity contribution in [3.05, 3.63) is 46.2 Å². The lowest BCUT2D eigenvalue weighted by atomic mass is 10.1. The van der Waals surface area contributed by atoms with Crippen molar-refractivity contribution in [2.45, 2.75) is 44.9 Å². The van der Waals surface area contributed by atoms with Crippen LogP contribution >= 0.6 is 23.4 Å². The standard InChI is InChI=1S/C19H22ClN3O3S/c1-11-14(12(2)22-19(21-11)27-4)9-10-17(24)26-13(3)18(25)23-16-8-6-5-7-15(16)20/h5-8,13H,9-10H2,1-4H3,(H,23,25)/t13-/m0/s1. The normalized spacial score (nSPS) is 11.7. The number of ether oxygens (including phenoxy) is 1. The van der Waals surface area contributed by atoms with E-state index in [2.05, 4.69) is 15.3 Å². The second-order valence-corrected chi connectivity index (χ2v) is 7.14. The van der Waals surface area contributed by atoms with E-state index in [1.54, 1.807) is 24.3 Å². The first-order valence-electron chi connectivity index (χ1n) is 8.44. The molecule has 1 amide bonds. The fraction of sp³-hybridized carbons (Fsp3) is 0.368. The third-order valence-electron chi connectivity index (χ3n) is 3.97. The van der Waals surface area contributed by atoms with Crippen LogP contribution in [-0.2, 0) is 20.7 Å². The molecule has 2 aromatic rings. The maximum atomic E-state index is 12.2. The maximum Gasteiger partial charge on any atom is 0.306 e. The van der Waals surface area contributed by atoms with E-state index in [0.717, 1.165) is 17.0 Å². The van der Waals surface area contributed by atoms with Crippen LogP contribution in [0.2, 0.25) is 5.02 Å². The van der Waals surface area contributed by atoms with Crippen LogP contribution in [0.4, 0.5) is 5.69 Å². The first-order chi connectivity index (χ1) is 12.8. The van der Waals surface area contributed by atoms with Crippen molar-refractivity contribution in [1.29, 1.82) is 0 Å². The molecule has 27 heavy (non-hydrogen) atoms. The highest BCUT2D eigenvalue weighted by Gasteiger charge is 2.19. The predicted octanol–water partition coefficient (Wildman–Crippen LogP) is 3.97. The van der Waals surface area contributed by atoms with Gasteiger partial charge < -0.3 is 10.1 Å². The summed E-state index contributed by atoms with van der Waals surface area (Å²) in [6.07, 6.45) is 1.60. The summed E-state index contributed by atoms with van der Waals surface area (Å²) >= 11 is 7.49. The summed E-state index contributed by atoms with van der Waals surface area (Å²) in [7, 11) is 0. The molecule has 0 fully saturated rings. The molecule has 8 heteroatoms. The zero-order valence-electron chi connectivity index (χ0n) is 15.7. The quantitative estimate of drug-likeness (QED) is 0.425. The Morgan fingerprint density at radius 3 is 2.44 bits per heavy atom. The van der Waals surface area contributed by atoms with Crippen LogP contribution in [0.1, 0.15) is 30.3 Å². The number of carbonyl (C=O) groups is 2. The Hall–Kier alpha value is -2.12. The van der Waals surface area contributed by atoms with Crippen LogP contribution in [0.15, 0.2) is 29.4 Å². The molecular weight excluding hydrogens is 386 g/mol. The third kappa shape index (κ3) is 5.94. The van der Waals surface area contributed by atoms with Gasteiger partial charge in [-0.2, -0.15) is 0 Å². The number of carbonyl (C=O) groups excluding carboxylic acids is 2. The molecule has 2 rings (SSSR count). The summed E-state index contributed by atoms with van der Waals surface area (Å²) in [5.74, 6) is -0.888. The minimum atomic E-state index is -0.925. The molecule has 0 saturated heterocycles. The number of anilines is 1. The minimum absolute atomic E-state index is 0.146. The van der Waals surface area contributed by atoms with E-state index in [9.17, 15) is 9.59 Å². The van der Waals surface area contributed by atoms with Gasteiger partial charge in [0.1, 0.15) is 0 Å². The number of benzene rings is 1. The number of para-hydroxylation sites is 1. The number of rotatable bonds is 7. The Morgan fingerprint density at radius 2 is 1.85 bits per heavy atom. The number of hydrogen-bond acceptors (Lipinski definition) is 6. The fourth-order valence-electron chi connectivity index (χ4n) is 2.50. The molecular formula is C19H22ClN3O3S. The van der Waals surface area contributed by atoms with E-state index >= 15 is 0 Å². The Bertz CT molecular complexity index is 822. The molecule has 144 valence electrons. The molecule has 0 saturated carbocycles. The van der Waals surface area contributed by atoms with Crippen molar-refractivity contribution in [3.63, 3.8) is 0 Å². The molecule has 1 aromatic carbocycles. The van der Waals surface area contributed by atoms with E-state index in [1.807, 2.05) is 20.1 Å². The van der Waals surface area contributed by atoms with Crippen molar-refractivity contribution in [2.24, 2.45) is 0 Å². The smallest absolute Gasteiger partial charge is 0.306 e.